The highest BCUT2D eigenvalue weighted by Gasteiger charge is 2.36. The zero-order valence-corrected chi connectivity index (χ0v) is 21.1. The molecule has 0 unspecified atom stereocenters. The van der Waals surface area contributed by atoms with Crippen molar-refractivity contribution in [3.8, 4) is 0 Å². The van der Waals surface area contributed by atoms with E-state index in [1.54, 1.807) is 30.6 Å². The molecule has 0 atom stereocenters. The Morgan fingerprint density at radius 1 is 0.400 bits per heavy atom. The van der Waals surface area contributed by atoms with Gasteiger partial charge in [0.1, 0.15) is 5.60 Å². The van der Waals surface area contributed by atoms with E-state index in [1.165, 1.54) is 19.6 Å². The molecular weight excluding hydrogens is 464 g/mol. The lowest BCUT2D eigenvalue weighted by molar-refractivity contribution is 0.0584. The van der Waals surface area contributed by atoms with Gasteiger partial charge in [0.15, 0.2) is 0 Å². The quantitative estimate of drug-likeness (QED) is 0.201. The Morgan fingerprint density at radius 2 is 0.714 bits per heavy atom. The average molecular weight is 491 g/mol. The van der Waals surface area contributed by atoms with Gasteiger partial charge in [0.25, 0.3) is 0 Å². The van der Waals surface area contributed by atoms with Crippen LogP contribution < -0.4 is 0 Å². The van der Waals surface area contributed by atoms with Crippen molar-refractivity contribution in [2.45, 2.75) is 25.2 Å². The molecule has 35 heavy (non-hydrogen) atoms. The summed E-state index contributed by atoms with van der Waals surface area (Å²) in [5.41, 5.74) is 2.61. The first-order valence-corrected chi connectivity index (χ1v) is 13.2. The van der Waals surface area contributed by atoms with Gasteiger partial charge in [-0.1, -0.05) is 115 Å². The second kappa shape index (κ2) is 11.0. The SMILES string of the molecule is COC(c1ccccc1)(c1ccc(Sc2ccccc2)cc1)c1ccc(Sc2ccccc2)cc1. The molecule has 0 heterocycles. The van der Waals surface area contributed by atoms with E-state index in [2.05, 4.69) is 121 Å². The van der Waals surface area contributed by atoms with Gasteiger partial charge >= 0.3 is 0 Å². The van der Waals surface area contributed by atoms with Crippen molar-refractivity contribution < 1.29 is 4.74 Å². The van der Waals surface area contributed by atoms with Crippen molar-refractivity contribution in [2.75, 3.05) is 7.11 Å². The number of methoxy groups -OCH3 is 1. The second-order valence-corrected chi connectivity index (χ2v) is 10.4. The maximum atomic E-state index is 6.40. The van der Waals surface area contributed by atoms with E-state index in [0.29, 0.717) is 0 Å². The minimum absolute atomic E-state index is 0.701. The van der Waals surface area contributed by atoms with Gasteiger partial charge in [-0.25, -0.2) is 0 Å². The van der Waals surface area contributed by atoms with Crippen molar-refractivity contribution in [3.63, 3.8) is 0 Å². The summed E-state index contributed by atoms with van der Waals surface area (Å²) < 4.78 is 6.40. The van der Waals surface area contributed by atoms with Crippen LogP contribution in [0.1, 0.15) is 16.7 Å². The van der Waals surface area contributed by atoms with E-state index in [-0.39, 0.29) is 0 Å². The Kier molecular flexibility index (Phi) is 7.39. The molecule has 0 saturated carbocycles. The molecule has 1 nitrogen and oxygen atoms in total. The summed E-state index contributed by atoms with van der Waals surface area (Å²) in [7, 11) is 1.80. The van der Waals surface area contributed by atoms with Gasteiger partial charge in [-0.15, -0.1) is 0 Å². The first-order valence-electron chi connectivity index (χ1n) is 11.6. The fourth-order valence-electron chi connectivity index (χ4n) is 4.29. The lowest BCUT2D eigenvalue weighted by atomic mass is 9.80. The maximum Gasteiger partial charge on any atom is 0.143 e. The highest BCUT2D eigenvalue weighted by atomic mass is 32.2. The number of rotatable bonds is 8. The molecule has 5 rings (SSSR count). The van der Waals surface area contributed by atoms with Crippen LogP contribution in [0.4, 0.5) is 0 Å². The Bertz CT molecular complexity index is 1250. The Balaban J connectivity index is 1.51. The molecule has 172 valence electrons. The van der Waals surface area contributed by atoms with E-state index in [0.717, 1.165) is 16.7 Å². The summed E-state index contributed by atoms with van der Waals surface area (Å²) in [6, 6.07) is 48.9. The molecule has 0 N–H and O–H groups in total. The lowest BCUT2D eigenvalue weighted by Crippen LogP contribution is -2.31. The van der Waals surface area contributed by atoms with E-state index >= 15 is 0 Å². The fourth-order valence-corrected chi connectivity index (χ4v) is 5.97. The van der Waals surface area contributed by atoms with Crippen molar-refractivity contribution >= 4 is 23.5 Å². The molecule has 0 spiro atoms. The topological polar surface area (TPSA) is 9.23 Å². The normalized spacial score (nSPS) is 11.3. The predicted octanol–water partition coefficient (Wildman–Crippen LogP) is 8.93. The van der Waals surface area contributed by atoms with Crippen LogP contribution in [0.5, 0.6) is 0 Å². The molecule has 0 saturated heterocycles. The maximum absolute atomic E-state index is 6.40. The number of benzene rings is 5. The zero-order chi connectivity index (χ0) is 23.9. The van der Waals surface area contributed by atoms with Crippen molar-refractivity contribution in [1.82, 2.24) is 0 Å². The largest absolute Gasteiger partial charge is 0.364 e. The van der Waals surface area contributed by atoms with Crippen LogP contribution in [0.25, 0.3) is 0 Å². The van der Waals surface area contributed by atoms with Crippen LogP contribution in [0.2, 0.25) is 0 Å². The third-order valence-corrected chi connectivity index (χ3v) is 8.00. The van der Waals surface area contributed by atoms with E-state index in [4.69, 9.17) is 4.74 Å². The smallest absolute Gasteiger partial charge is 0.143 e. The van der Waals surface area contributed by atoms with Crippen molar-refractivity contribution in [3.05, 3.63) is 156 Å². The summed E-state index contributed by atoms with van der Waals surface area (Å²) >= 11 is 3.53. The monoisotopic (exact) mass is 490 g/mol. The van der Waals surface area contributed by atoms with E-state index in [9.17, 15) is 0 Å². The summed E-state index contributed by atoms with van der Waals surface area (Å²) in [4.78, 5) is 4.86. The summed E-state index contributed by atoms with van der Waals surface area (Å²) in [6.45, 7) is 0. The van der Waals surface area contributed by atoms with Gasteiger partial charge in [0, 0.05) is 26.7 Å². The number of ether oxygens (including phenoxy) is 1. The molecule has 0 amide bonds. The molecule has 0 aromatic heterocycles. The van der Waals surface area contributed by atoms with Crippen LogP contribution in [0.15, 0.2) is 159 Å². The molecule has 0 radical (unpaired) electrons. The average Bonchev–Trinajstić information content (AvgIpc) is 2.93. The minimum Gasteiger partial charge on any atom is -0.364 e. The van der Waals surface area contributed by atoms with Crippen LogP contribution >= 0.6 is 23.5 Å². The first-order chi connectivity index (χ1) is 17.3. The fraction of sp³-hybridized carbons (Fsp3) is 0.0625. The van der Waals surface area contributed by atoms with Crippen molar-refractivity contribution in [2.24, 2.45) is 0 Å². The minimum atomic E-state index is -0.701. The van der Waals surface area contributed by atoms with Gasteiger partial charge in [-0.2, -0.15) is 0 Å². The molecule has 0 aliphatic rings. The Labute approximate surface area is 216 Å². The van der Waals surface area contributed by atoms with Gasteiger partial charge in [0.05, 0.1) is 0 Å². The standard InChI is InChI=1S/C32H26OS2/c1-33-32(25-11-5-2-6-12-25,26-17-21-30(22-18-26)34-28-13-7-3-8-14-28)27-19-23-31(24-20-27)35-29-15-9-4-10-16-29/h2-24H,1H3. The lowest BCUT2D eigenvalue weighted by Gasteiger charge is -2.34. The van der Waals surface area contributed by atoms with Crippen LogP contribution in [-0.2, 0) is 10.3 Å². The molecule has 0 fully saturated rings. The van der Waals surface area contributed by atoms with E-state index in [1.807, 2.05) is 18.2 Å². The highest BCUT2D eigenvalue weighted by molar-refractivity contribution is 7.99. The molecule has 5 aromatic carbocycles. The summed E-state index contributed by atoms with van der Waals surface area (Å²) in [6.07, 6.45) is 0. The second-order valence-electron chi connectivity index (χ2n) is 8.13. The molecule has 0 aliphatic heterocycles. The van der Waals surface area contributed by atoms with Crippen LogP contribution in [0, 0.1) is 0 Å². The highest BCUT2D eigenvalue weighted by Crippen LogP contribution is 2.42. The van der Waals surface area contributed by atoms with E-state index < -0.39 is 5.60 Å². The Hall–Kier alpha value is -3.24. The van der Waals surface area contributed by atoms with Gasteiger partial charge < -0.3 is 4.74 Å². The first kappa shape index (κ1) is 23.5. The van der Waals surface area contributed by atoms with Crippen LogP contribution in [0.3, 0.4) is 0 Å². The summed E-state index contributed by atoms with van der Waals surface area (Å²) in [5, 5.41) is 0. The zero-order valence-electron chi connectivity index (χ0n) is 19.5. The molecule has 0 bridgehead atoms. The third kappa shape index (κ3) is 5.23. The molecular formula is C32H26OS2. The van der Waals surface area contributed by atoms with Crippen LogP contribution in [-0.4, -0.2) is 7.11 Å². The van der Waals surface area contributed by atoms with Gasteiger partial charge in [0.2, 0.25) is 0 Å². The van der Waals surface area contributed by atoms with Gasteiger partial charge in [-0.05, 0) is 65.2 Å². The third-order valence-electron chi connectivity index (χ3n) is 5.97. The number of hydrogen-bond donors (Lipinski definition) is 0. The number of hydrogen-bond acceptors (Lipinski definition) is 3. The van der Waals surface area contributed by atoms with Crippen molar-refractivity contribution in [1.29, 1.82) is 0 Å². The van der Waals surface area contributed by atoms with Gasteiger partial charge in [-0.3, -0.25) is 0 Å². The summed E-state index contributed by atoms with van der Waals surface area (Å²) in [5.74, 6) is 0. The predicted molar refractivity (Wildman–Crippen MR) is 147 cm³/mol. The molecule has 3 heteroatoms. The molecule has 0 aliphatic carbocycles. The molecule has 5 aromatic rings. The Morgan fingerprint density at radius 3 is 1.09 bits per heavy atom.